The number of hydrogen-bond donors (Lipinski definition) is 1. The van der Waals surface area contributed by atoms with Gasteiger partial charge in [0.05, 0.1) is 20.1 Å². The summed E-state index contributed by atoms with van der Waals surface area (Å²) in [5.41, 5.74) is 2.65. The highest BCUT2D eigenvalue weighted by molar-refractivity contribution is 5.78. The number of aryl methyl sites for hydroxylation is 1. The molecule has 2 rings (SSSR count). The van der Waals surface area contributed by atoms with Crippen LogP contribution in [0, 0.1) is 6.92 Å². The summed E-state index contributed by atoms with van der Waals surface area (Å²) in [7, 11) is 3.16. The zero-order chi connectivity index (χ0) is 16.1. The Morgan fingerprint density at radius 3 is 2.32 bits per heavy atom. The number of carbonyl (C=O) groups is 1. The lowest BCUT2D eigenvalue weighted by molar-refractivity contribution is -0.138. The molecular weight excluding hydrogens is 280 g/mol. The minimum atomic E-state index is -0.861. The first-order chi connectivity index (χ1) is 10.5. The SMILES string of the molecule is COc1ccc(CC(C(=O)O)c2cc(C)ccc2OC)cc1. The molecule has 0 fully saturated rings. The van der Waals surface area contributed by atoms with E-state index in [0.29, 0.717) is 17.7 Å². The van der Waals surface area contributed by atoms with Crippen LogP contribution < -0.4 is 9.47 Å². The van der Waals surface area contributed by atoms with Gasteiger partial charge in [0.25, 0.3) is 0 Å². The van der Waals surface area contributed by atoms with E-state index in [1.54, 1.807) is 14.2 Å². The Bertz CT molecular complexity index is 647. The van der Waals surface area contributed by atoms with Crippen LogP contribution in [0.25, 0.3) is 0 Å². The van der Waals surface area contributed by atoms with Gasteiger partial charge in [0, 0.05) is 5.56 Å². The second-order valence-electron chi connectivity index (χ2n) is 5.19. The van der Waals surface area contributed by atoms with E-state index in [9.17, 15) is 9.90 Å². The van der Waals surface area contributed by atoms with Crippen molar-refractivity contribution >= 4 is 5.97 Å². The van der Waals surface area contributed by atoms with E-state index in [1.807, 2.05) is 49.4 Å². The summed E-state index contributed by atoms with van der Waals surface area (Å²) < 4.78 is 10.4. The molecule has 116 valence electrons. The van der Waals surface area contributed by atoms with Gasteiger partial charge in [-0.2, -0.15) is 0 Å². The van der Waals surface area contributed by atoms with Crippen LogP contribution in [0.2, 0.25) is 0 Å². The molecule has 22 heavy (non-hydrogen) atoms. The monoisotopic (exact) mass is 300 g/mol. The van der Waals surface area contributed by atoms with Crippen molar-refractivity contribution in [3.8, 4) is 11.5 Å². The van der Waals surface area contributed by atoms with Crippen LogP contribution in [0.4, 0.5) is 0 Å². The highest BCUT2D eigenvalue weighted by Gasteiger charge is 2.24. The topological polar surface area (TPSA) is 55.8 Å². The number of carboxylic acid groups (broad SMARTS) is 1. The van der Waals surface area contributed by atoms with E-state index in [0.717, 1.165) is 16.9 Å². The molecule has 1 atom stereocenters. The second-order valence-corrected chi connectivity index (χ2v) is 5.19. The lowest BCUT2D eigenvalue weighted by atomic mass is 9.90. The number of rotatable bonds is 6. The Morgan fingerprint density at radius 1 is 1.09 bits per heavy atom. The molecule has 1 N–H and O–H groups in total. The average molecular weight is 300 g/mol. The van der Waals surface area contributed by atoms with Gasteiger partial charge in [-0.05, 0) is 37.1 Å². The summed E-state index contributed by atoms with van der Waals surface area (Å²) in [4.78, 5) is 11.7. The predicted molar refractivity (Wildman–Crippen MR) is 84.8 cm³/mol. The van der Waals surface area contributed by atoms with E-state index >= 15 is 0 Å². The van der Waals surface area contributed by atoms with Gasteiger partial charge in [0.2, 0.25) is 0 Å². The first-order valence-electron chi connectivity index (χ1n) is 7.05. The Hall–Kier alpha value is -2.49. The quantitative estimate of drug-likeness (QED) is 0.888. The fourth-order valence-electron chi connectivity index (χ4n) is 2.45. The molecule has 0 spiro atoms. The van der Waals surface area contributed by atoms with Crippen LogP contribution in [0.1, 0.15) is 22.6 Å². The lowest BCUT2D eigenvalue weighted by Crippen LogP contribution is -2.15. The third kappa shape index (κ3) is 3.58. The van der Waals surface area contributed by atoms with E-state index < -0.39 is 11.9 Å². The van der Waals surface area contributed by atoms with Crippen molar-refractivity contribution in [2.45, 2.75) is 19.3 Å². The lowest BCUT2D eigenvalue weighted by Gasteiger charge is -2.17. The van der Waals surface area contributed by atoms with Gasteiger partial charge in [-0.15, -0.1) is 0 Å². The molecule has 1 unspecified atom stereocenters. The van der Waals surface area contributed by atoms with Crippen molar-refractivity contribution in [1.29, 1.82) is 0 Å². The third-order valence-corrected chi connectivity index (χ3v) is 3.66. The van der Waals surface area contributed by atoms with Gasteiger partial charge in [0.1, 0.15) is 11.5 Å². The highest BCUT2D eigenvalue weighted by atomic mass is 16.5. The fraction of sp³-hybridized carbons (Fsp3) is 0.278. The summed E-state index contributed by atoms with van der Waals surface area (Å²) in [6.07, 6.45) is 0.402. The Kier molecular flexibility index (Phi) is 5.04. The predicted octanol–water partition coefficient (Wildman–Crippen LogP) is 3.42. The normalized spacial score (nSPS) is 11.8. The molecule has 0 amide bonds. The molecule has 0 aromatic heterocycles. The van der Waals surface area contributed by atoms with Crippen LogP contribution in [-0.2, 0) is 11.2 Å². The number of ether oxygens (including phenoxy) is 2. The van der Waals surface area contributed by atoms with E-state index in [-0.39, 0.29) is 0 Å². The van der Waals surface area contributed by atoms with Crippen molar-refractivity contribution in [2.75, 3.05) is 14.2 Å². The minimum absolute atomic E-state index is 0.402. The van der Waals surface area contributed by atoms with E-state index in [1.165, 1.54) is 0 Å². The van der Waals surface area contributed by atoms with Crippen molar-refractivity contribution in [1.82, 2.24) is 0 Å². The maximum Gasteiger partial charge on any atom is 0.311 e. The third-order valence-electron chi connectivity index (χ3n) is 3.66. The van der Waals surface area contributed by atoms with Crippen LogP contribution >= 0.6 is 0 Å². The number of carboxylic acids is 1. The molecule has 0 aliphatic carbocycles. The maximum absolute atomic E-state index is 11.7. The molecule has 4 heteroatoms. The molecule has 0 saturated carbocycles. The summed E-state index contributed by atoms with van der Waals surface area (Å²) in [6.45, 7) is 1.94. The van der Waals surface area contributed by atoms with Gasteiger partial charge in [-0.3, -0.25) is 4.79 Å². The average Bonchev–Trinajstić information content (AvgIpc) is 2.53. The second kappa shape index (κ2) is 6.98. The first kappa shape index (κ1) is 15.9. The molecule has 0 bridgehead atoms. The molecular formula is C18H20O4. The fourth-order valence-corrected chi connectivity index (χ4v) is 2.45. The van der Waals surface area contributed by atoms with Crippen molar-refractivity contribution in [3.63, 3.8) is 0 Å². The number of hydrogen-bond acceptors (Lipinski definition) is 3. The van der Waals surface area contributed by atoms with Crippen molar-refractivity contribution < 1.29 is 19.4 Å². The zero-order valence-electron chi connectivity index (χ0n) is 13.0. The minimum Gasteiger partial charge on any atom is -0.497 e. The smallest absolute Gasteiger partial charge is 0.311 e. The molecule has 0 heterocycles. The van der Waals surface area contributed by atoms with E-state index in [2.05, 4.69) is 0 Å². The van der Waals surface area contributed by atoms with Crippen LogP contribution in [0.3, 0.4) is 0 Å². The Balaban J connectivity index is 2.34. The summed E-state index contributed by atoms with van der Waals surface area (Å²) in [5, 5.41) is 9.62. The summed E-state index contributed by atoms with van der Waals surface area (Å²) in [5.74, 6) is -0.154. The number of aliphatic carboxylic acids is 1. The zero-order valence-corrected chi connectivity index (χ0v) is 13.0. The molecule has 0 aliphatic rings. The van der Waals surface area contributed by atoms with Crippen LogP contribution in [-0.4, -0.2) is 25.3 Å². The van der Waals surface area contributed by atoms with Gasteiger partial charge in [0.15, 0.2) is 0 Å². The first-order valence-corrected chi connectivity index (χ1v) is 7.05. The standard InChI is InChI=1S/C18H20O4/c1-12-4-9-17(22-3)15(10-12)16(18(19)20)11-13-5-7-14(21-2)8-6-13/h4-10,16H,11H2,1-3H3,(H,19,20). The van der Waals surface area contributed by atoms with Crippen molar-refractivity contribution in [3.05, 3.63) is 59.2 Å². The van der Waals surface area contributed by atoms with Crippen LogP contribution in [0.15, 0.2) is 42.5 Å². The molecule has 4 nitrogen and oxygen atoms in total. The van der Waals surface area contributed by atoms with Crippen molar-refractivity contribution in [2.24, 2.45) is 0 Å². The Morgan fingerprint density at radius 2 is 1.77 bits per heavy atom. The van der Waals surface area contributed by atoms with Gasteiger partial charge in [-0.25, -0.2) is 0 Å². The summed E-state index contributed by atoms with van der Waals surface area (Å²) >= 11 is 0. The molecule has 0 radical (unpaired) electrons. The number of benzene rings is 2. The van der Waals surface area contributed by atoms with Crippen LogP contribution in [0.5, 0.6) is 11.5 Å². The molecule has 0 aliphatic heterocycles. The van der Waals surface area contributed by atoms with Gasteiger partial charge >= 0.3 is 5.97 Å². The van der Waals surface area contributed by atoms with E-state index in [4.69, 9.17) is 9.47 Å². The largest absolute Gasteiger partial charge is 0.497 e. The molecule has 2 aromatic carbocycles. The molecule has 2 aromatic rings. The summed E-state index contributed by atoms with van der Waals surface area (Å²) in [6, 6.07) is 13.0. The number of methoxy groups -OCH3 is 2. The van der Waals surface area contributed by atoms with Gasteiger partial charge < -0.3 is 14.6 Å². The maximum atomic E-state index is 11.7. The molecule has 0 saturated heterocycles. The van der Waals surface area contributed by atoms with Gasteiger partial charge in [-0.1, -0.05) is 29.8 Å². The Labute approximate surface area is 130 Å². The highest BCUT2D eigenvalue weighted by Crippen LogP contribution is 2.31.